The molecular formula is C17H25N3O3. The number of rotatable bonds is 4. The molecule has 1 aromatic heterocycles. The summed E-state index contributed by atoms with van der Waals surface area (Å²) < 4.78 is 1.47. The molecule has 0 aliphatic heterocycles. The summed E-state index contributed by atoms with van der Waals surface area (Å²) in [6.45, 7) is 4.51. The fraction of sp³-hybridized carbons (Fsp3) is 0.588. The Morgan fingerprint density at radius 1 is 1.22 bits per heavy atom. The molecule has 6 heteroatoms. The van der Waals surface area contributed by atoms with Crippen LogP contribution in [0.15, 0.2) is 23.1 Å². The minimum Gasteiger partial charge on any atom is -0.345 e. The van der Waals surface area contributed by atoms with E-state index >= 15 is 0 Å². The van der Waals surface area contributed by atoms with Crippen LogP contribution < -0.4 is 16.2 Å². The quantitative estimate of drug-likeness (QED) is 0.832. The van der Waals surface area contributed by atoms with E-state index in [1.54, 1.807) is 6.20 Å². The van der Waals surface area contributed by atoms with Crippen molar-refractivity contribution in [3.8, 4) is 0 Å². The number of aromatic nitrogens is 1. The summed E-state index contributed by atoms with van der Waals surface area (Å²) in [7, 11) is 0. The van der Waals surface area contributed by atoms with Gasteiger partial charge < -0.3 is 15.2 Å². The Kier molecular flexibility index (Phi) is 5.96. The standard InChI is InChI=1S/C17H25N3O3/c1-3-12-6-5-7-13(10-12)18-16(22)17(23)19-14-8-9-15(21)20(4-2)11-14/h8-9,11-13H,3-7,10H2,1-2H3,(H,18,22)(H,19,23). The van der Waals surface area contributed by atoms with Gasteiger partial charge in [-0.2, -0.15) is 0 Å². The number of carbonyl (C=O) groups is 2. The third-order valence-corrected chi connectivity index (χ3v) is 4.48. The molecule has 2 rings (SSSR count). The van der Waals surface area contributed by atoms with Crippen molar-refractivity contribution in [1.29, 1.82) is 0 Å². The average molecular weight is 319 g/mol. The zero-order valence-corrected chi connectivity index (χ0v) is 13.8. The predicted molar refractivity (Wildman–Crippen MR) is 89.2 cm³/mol. The number of pyridine rings is 1. The lowest BCUT2D eigenvalue weighted by molar-refractivity contribution is -0.136. The Labute approximate surface area is 136 Å². The molecule has 2 unspecified atom stereocenters. The predicted octanol–water partition coefficient (Wildman–Crippen LogP) is 1.89. The van der Waals surface area contributed by atoms with E-state index in [1.165, 1.54) is 23.1 Å². The molecule has 1 heterocycles. The third-order valence-electron chi connectivity index (χ3n) is 4.48. The van der Waals surface area contributed by atoms with Gasteiger partial charge in [0.15, 0.2) is 0 Å². The zero-order chi connectivity index (χ0) is 16.8. The van der Waals surface area contributed by atoms with Gasteiger partial charge in [0.25, 0.3) is 5.56 Å². The number of aryl methyl sites for hydroxylation is 1. The van der Waals surface area contributed by atoms with E-state index in [2.05, 4.69) is 17.6 Å². The van der Waals surface area contributed by atoms with Gasteiger partial charge in [-0.05, 0) is 31.7 Å². The Morgan fingerprint density at radius 3 is 2.70 bits per heavy atom. The maximum absolute atomic E-state index is 12.0. The second-order valence-corrected chi connectivity index (χ2v) is 6.11. The van der Waals surface area contributed by atoms with E-state index in [9.17, 15) is 14.4 Å². The van der Waals surface area contributed by atoms with Crippen molar-refractivity contribution in [2.45, 2.75) is 58.5 Å². The molecule has 2 atom stereocenters. The molecule has 1 aromatic rings. The molecule has 2 amide bonds. The lowest BCUT2D eigenvalue weighted by atomic mass is 9.84. The van der Waals surface area contributed by atoms with E-state index in [0.717, 1.165) is 25.7 Å². The SMILES string of the molecule is CCC1CCCC(NC(=O)C(=O)Nc2ccc(=O)n(CC)c2)C1. The highest BCUT2D eigenvalue weighted by Crippen LogP contribution is 2.26. The smallest absolute Gasteiger partial charge is 0.313 e. The van der Waals surface area contributed by atoms with Crippen LogP contribution in [0.25, 0.3) is 0 Å². The van der Waals surface area contributed by atoms with Crippen LogP contribution in [0.2, 0.25) is 0 Å². The van der Waals surface area contributed by atoms with Crippen molar-refractivity contribution >= 4 is 17.5 Å². The first-order valence-electron chi connectivity index (χ1n) is 8.35. The number of amides is 2. The summed E-state index contributed by atoms with van der Waals surface area (Å²) in [4.78, 5) is 35.6. The van der Waals surface area contributed by atoms with Crippen LogP contribution in [-0.4, -0.2) is 22.4 Å². The fourth-order valence-corrected chi connectivity index (χ4v) is 3.08. The fourth-order valence-electron chi connectivity index (χ4n) is 3.08. The molecule has 23 heavy (non-hydrogen) atoms. The van der Waals surface area contributed by atoms with Gasteiger partial charge in [-0.3, -0.25) is 14.4 Å². The lowest BCUT2D eigenvalue weighted by Gasteiger charge is -2.28. The van der Waals surface area contributed by atoms with E-state index < -0.39 is 11.8 Å². The lowest BCUT2D eigenvalue weighted by Crippen LogP contribution is -2.43. The molecule has 0 saturated heterocycles. The van der Waals surface area contributed by atoms with Crippen molar-refractivity contribution in [1.82, 2.24) is 9.88 Å². The summed E-state index contributed by atoms with van der Waals surface area (Å²) in [6, 6.07) is 2.97. The van der Waals surface area contributed by atoms with Gasteiger partial charge in [-0.1, -0.05) is 26.2 Å². The molecule has 126 valence electrons. The molecule has 2 N–H and O–H groups in total. The second kappa shape index (κ2) is 7.94. The van der Waals surface area contributed by atoms with Gasteiger partial charge >= 0.3 is 11.8 Å². The highest BCUT2D eigenvalue weighted by molar-refractivity contribution is 6.39. The van der Waals surface area contributed by atoms with Gasteiger partial charge in [-0.25, -0.2) is 0 Å². The normalized spacial score (nSPS) is 20.8. The average Bonchev–Trinajstić information content (AvgIpc) is 2.56. The summed E-state index contributed by atoms with van der Waals surface area (Å²) in [5, 5.41) is 5.37. The van der Waals surface area contributed by atoms with Crippen LogP contribution in [0.4, 0.5) is 5.69 Å². The number of nitrogens with zero attached hydrogens (tertiary/aromatic N) is 1. The highest BCUT2D eigenvalue weighted by Gasteiger charge is 2.24. The van der Waals surface area contributed by atoms with E-state index in [-0.39, 0.29) is 11.6 Å². The molecule has 0 spiro atoms. The minimum absolute atomic E-state index is 0.0801. The monoisotopic (exact) mass is 319 g/mol. The van der Waals surface area contributed by atoms with Crippen LogP contribution in [-0.2, 0) is 16.1 Å². The van der Waals surface area contributed by atoms with Crippen LogP contribution in [0.3, 0.4) is 0 Å². The number of nitrogens with one attached hydrogen (secondary N) is 2. The second-order valence-electron chi connectivity index (χ2n) is 6.11. The van der Waals surface area contributed by atoms with Gasteiger partial charge in [0.2, 0.25) is 0 Å². The molecule has 0 aromatic carbocycles. The van der Waals surface area contributed by atoms with E-state index in [0.29, 0.717) is 18.2 Å². The highest BCUT2D eigenvalue weighted by atomic mass is 16.2. The summed E-state index contributed by atoms with van der Waals surface area (Å²) >= 11 is 0. The van der Waals surface area contributed by atoms with Gasteiger partial charge in [0, 0.05) is 24.8 Å². The van der Waals surface area contributed by atoms with Crippen molar-refractivity contribution < 1.29 is 9.59 Å². The molecule has 1 saturated carbocycles. The van der Waals surface area contributed by atoms with Gasteiger partial charge in [-0.15, -0.1) is 0 Å². The van der Waals surface area contributed by atoms with Crippen LogP contribution in [0.1, 0.15) is 46.0 Å². The number of hydrogen-bond acceptors (Lipinski definition) is 3. The first-order chi connectivity index (χ1) is 11.0. The van der Waals surface area contributed by atoms with Crippen LogP contribution in [0, 0.1) is 5.92 Å². The topological polar surface area (TPSA) is 80.2 Å². The van der Waals surface area contributed by atoms with Crippen LogP contribution in [0.5, 0.6) is 0 Å². The van der Waals surface area contributed by atoms with Crippen molar-refractivity contribution in [2.75, 3.05) is 5.32 Å². The molecule has 1 aliphatic carbocycles. The number of carbonyl (C=O) groups excluding carboxylic acids is 2. The van der Waals surface area contributed by atoms with E-state index in [4.69, 9.17) is 0 Å². The Balaban J connectivity index is 1.92. The Bertz CT molecular complexity index is 624. The first-order valence-corrected chi connectivity index (χ1v) is 8.35. The van der Waals surface area contributed by atoms with Crippen molar-refractivity contribution in [3.63, 3.8) is 0 Å². The van der Waals surface area contributed by atoms with Crippen LogP contribution >= 0.6 is 0 Å². The zero-order valence-electron chi connectivity index (χ0n) is 13.8. The largest absolute Gasteiger partial charge is 0.345 e. The van der Waals surface area contributed by atoms with Gasteiger partial charge in [0.1, 0.15) is 0 Å². The van der Waals surface area contributed by atoms with Crippen molar-refractivity contribution in [2.24, 2.45) is 5.92 Å². The summed E-state index contributed by atoms with van der Waals surface area (Å²) in [6.07, 6.45) is 6.81. The molecule has 6 nitrogen and oxygen atoms in total. The molecular weight excluding hydrogens is 294 g/mol. The summed E-state index contributed by atoms with van der Waals surface area (Å²) in [5.41, 5.74) is 0.310. The Morgan fingerprint density at radius 2 is 2.00 bits per heavy atom. The summed E-state index contributed by atoms with van der Waals surface area (Å²) in [5.74, 6) is -0.670. The first kappa shape index (κ1) is 17.2. The molecule has 0 bridgehead atoms. The molecule has 1 fully saturated rings. The van der Waals surface area contributed by atoms with E-state index in [1.807, 2.05) is 6.92 Å². The number of anilines is 1. The van der Waals surface area contributed by atoms with Gasteiger partial charge in [0.05, 0.1) is 5.69 Å². The van der Waals surface area contributed by atoms with Crippen molar-refractivity contribution in [3.05, 3.63) is 28.7 Å². The maximum Gasteiger partial charge on any atom is 0.313 e. The number of hydrogen-bond donors (Lipinski definition) is 2. The third kappa shape index (κ3) is 4.68. The Hall–Kier alpha value is -2.11. The molecule has 1 aliphatic rings. The minimum atomic E-state index is -0.690. The molecule has 0 radical (unpaired) electrons. The maximum atomic E-state index is 12.0.